The van der Waals surface area contributed by atoms with Crippen LogP contribution < -0.4 is 5.32 Å². The van der Waals surface area contributed by atoms with Gasteiger partial charge in [-0.3, -0.25) is 4.79 Å². The molecule has 0 bridgehead atoms. The van der Waals surface area contributed by atoms with E-state index in [-0.39, 0.29) is 5.91 Å². The summed E-state index contributed by atoms with van der Waals surface area (Å²) in [6.45, 7) is 1.72. The van der Waals surface area contributed by atoms with Crippen molar-refractivity contribution in [1.29, 1.82) is 0 Å². The number of benzene rings is 1. The molecule has 0 aliphatic heterocycles. The van der Waals surface area contributed by atoms with Crippen molar-refractivity contribution < 1.29 is 14.7 Å². The lowest BCUT2D eigenvalue weighted by Crippen LogP contribution is -2.40. The molecule has 17 heavy (non-hydrogen) atoms. The molecule has 0 saturated heterocycles. The molecular weight excluding hydrogens is 238 g/mol. The van der Waals surface area contributed by atoms with Crippen molar-refractivity contribution in [2.45, 2.75) is 24.3 Å². The van der Waals surface area contributed by atoms with Gasteiger partial charge in [0.15, 0.2) is 0 Å². The van der Waals surface area contributed by atoms with Crippen LogP contribution in [-0.4, -0.2) is 29.3 Å². The summed E-state index contributed by atoms with van der Waals surface area (Å²) >= 11 is 1.59. The van der Waals surface area contributed by atoms with Crippen LogP contribution in [0.4, 0.5) is 0 Å². The van der Waals surface area contributed by atoms with Gasteiger partial charge in [-0.25, -0.2) is 4.79 Å². The number of aliphatic carboxylic acids is 1. The second-order valence-corrected chi connectivity index (χ2v) is 4.38. The van der Waals surface area contributed by atoms with Gasteiger partial charge in [-0.1, -0.05) is 6.92 Å². The quantitative estimate of drug-likeness (QED) is 0.788. The Morgan fingerprint density at radius 2 is 1.94 bits per heavy atom. The van der Waals surface area contributed by atoms with Gasteiger partial charge >= 0.3 is 5.97 Å². The standard InChI is InChI=1S/C12H15NO3S/c1-3-10(12(15)16)13-11(14)8-4-6-9(17-2)7-5-8/h4-7,10H,3H2,1-2H3,(H,13,14)(H,15,16). The predicted molar refractivity (Wildman–Crippen MR) is 67.4 cm³/mol. The zero-order chi connectivity index (χ0) is 12.8. The fraction of sp³-hybridized carbons (Fsp3) is 0.333. The first-order chi connectivity index (χ1) is 8.08. The number of rotatable bonds is 5. The molecule has 1 aromatic carbocycles. The molecule has 1 rings (SSSR count). The van der Waals surface area contributed by atoms with E-state index < -0.39 is 12.0 Å². The molecule has 0 spiro atoms. The average Bonchev–Trinajstić information content (AvgIpc) is 2.35. The number of carbonyl (C=O) groups excluding carboxylic acids is 1. The fourth-order valence-electron chi connectivity index (χ4n) is 1.32. The van der Waals surface area contributed by atoms with Crippen LogP contribution in [0.1, 0.15) is 23.7 Å². The summed E-state index contributed by atoms with van der Waals surface area (Å²) in [6, 6.07) is 6.22. The first-order valence-corrected chi connectivity index (χ1v) is 6.48. The Labute approximate surface area is 104 Å². The highest BCUT2D eigenvalue weighted by Crippen LogP contribution is 2.14. The molecular formula is C12H15NO3S. The summed E-state index contributed by atoms with van der Waals surface area (Å²) < 4.78 is 0. The maximum Gasteiger partial charge on any atom is 0.326 e. The lowest BCUT2D eigenvalue weighted by atomic mass is 10.1. The summed E-state index contributed by atoms with van der Waals surface area (Å²) in [5.74, 6) is -1.37. The van der Waals surface area contributed by atoms with Gasteiger partial charge in [0.2, 0.25) is 0 Å². The van der Waals surface area contributed by atoms with Gasteiger partial charge in [-0.05, 0) is 36.9 Å². The topological polar surface area (TPSA) is 66.4 Å². The monoisotopic (exact) mass is 253 g/mol. The molecule has 92 valence electrons. The third kappa shape index (κ3) is 3.78. The van der Waals surface area contributed by atoms with Crippen LogP contribution in [-0.2, 0) is 4.79 Å². The summed E-state index contributed by atoms with van der Waals surface area (Å²) in [4.78, 5) is 23.6. The molecule has 1 atom stereocenters. The van der Waals surface area contributed by atoms with Gasteiger partial charge in [0.25, 0.3) is 5.91 Å². The molecule has 0 fully saturated rings. The predicted octanol–water partition coefficient (Wildman–Crippen LogP) is 2.00. The van der Waals surface area contributed by atoms with Crippen LogP contribution in [0.25, 0.3) is 0 Å². The van der Waals surface area contributed by atoms with Gasteiger partial charge in [0.1, 0.15) is 6.04 Å². The van der Waals surface area contributed by atoms with Gasteiger partial charge < -0.3 is 10.4 Å². The zero-order valence-electron chi connectivity index (χ0n) is 9.77. The van der Waals surface area contributed by atoms with E-state index in [0.717, 1.165) is 4.90 Å². The lowest BCUT2D eigenvalue weighted by Gasteiger charge is -2.12. The Hall–Kier alpha value is -1.49. The molecule has 1 aromatic rings. The molecule has 4 nitrogen and oxygen atoms in total. The highest BCUT2D eigenvalue weighted by atomic mass is 32.2. The third-order valence-electron chi connectivity index (χ3n) is 2.36. The second kappa shape index (κ2) is 6.30. The van der Waals surface area contributed by atoms with Gasteiger partial charge in [-0.2, -0.15) is 0 Å². The number of carboxylic acid groups (broad SMARTS) is 1. The van der Waals surface area contributed by atoms with E-state index in [9.17, 15) is 9.59 Å². The molecule has 0 saturated carbocycles. The second-order valence-electron chi connectivity index (χ2n) is 3.50. The summed E-state index contributed by atoms with van der Waals surface area (Å²) in [7, 11) is 0. The van der Waals surface area contributed by atoms with Crippen molar-refractivity contribution in [1.82, 2.24) is 5.32 Å². The lowest BCUT2D eigenvalue weighted by molar-refractivity contribution is -0.139. The Morgan fingerprint density at radius 1 is 1.35 bits per heavy atom. The van der Waals surface area contributed by atoms with Crippen molar-refractivity contribution in [2.75, 3.05) is 6.26 Å². The smallest absolute Gasteiger partial charge is 0.326 e. The molecule has 5 heteroatoms. The van der Waals surface area contributed by atoms with Gasteiger partial charge in [0, 0.05) is 10.5 Å². The Bertz CT molecular complexity index is 403. The summed E-state index contributed by atoms with van der Waals surface area (Å²) in [5.41, 5.74) is 0.475. The highest BCUT2D eigenvalue weighted by Gasteiger charge is 2.18. The Kier molecular flexibility index (Phi) is 5.03. The van der Waals surface area contributed by atoms with Crippen LogP contribution in [0, 0.1) is 0 Å². The van der Waals surface area contributed by atoms with Crippen molar-refractivity contribution in [3.8, 4) is 0 Å². The number of hydrogen-bond donors (Lipinski definition) is 2. The Balaban J connectivity index is 2.72. The molecule has 2 N–H and O–H groups in total. The first kappa shape index (κ1) is 13.6. The van der Waals surface area contributed by atoms with Crippen LogP contribution in [0.15, 0.2) is 29.2 Å². The molecule has 0 aliphatic carbocycles. The number of carbonyl (C=O) groups is 2. The third-order valence-corrected chi connectivity index (χ3v) is 3.11. The van der Waals surface area contributed by atoms with E-state index in [2.05, 4.69) is 5.32 Å². The summed E-state index contributed by atoms with van der Waals surface area (Å²) in [5, 5.41) is 11.3. The van der Waals surface area contributed by atoms with E-state index in [4.69, 9.17) is 5.11 Å². The van der Waals surface area contributed by atoms with E-state index in [0.29, 0.717) is 12.0 Å². The van der Waals surface area contributed by atoms with E-state index in [1.165, 1.54) is 0 Å². The van der Waals surface area contributed by atoms with Crippen molar-refractivity contribution in [3.63, 3.8) is 0 Å². The fourth-order valence-corrected chi connectivity index (χ4v) is 1.73. The van der Waals surface area contributed by atoms with Crippen LogP contribution >= 0.6 is 11.8 Å². The summed E-state index contributed by atoms with van der Waals surface area (Å²) in [6.07, 6.45) is 2.32. The van der Waals surface area contributed by atoms with E-state index >= 15 is 0 Å². The molecule has 0 aromatic heterocycles. The minimum absolute atomic E-state index is 0.355. The Morgan fingerprint density at radius 3 is 2.35 bits per heavy atom. The van der Waals surface area contributed by atoms with Crippen LogP contribution in [0.3, 0.4) is 0 Å². The largest absolute Gasteiger partial charge is 0.480 e. The van der Waals surface area contributed by atoms with E-state index in [1.54, 1.807) is 30.8 Å². The van der Waals surface area contributed by atoms with Crippen molar-refractivity contribution in [3.05, 3.63) is 29.8 Å². The van der Waals surface area contributed by atoms with Gasteiger partial charge in [0.05, 0.1) is 0 Å². The SMILES string of the molecule is CCC(NC(=O)c1ccc(SC)cc1)C(=O)O. The number of hydrogen-bond acceptors (Lipinski definition) is 3. The number of carboxylic acids is 1. The van der Waals surface area contributed by atoms with Crippen LogP contribution in [0.5, 0.6) is 0 Å². The molecule has 0 heterocycles. The van der Waals surface area contributed by atoms with Gasteiger partial charge in [-0.15, -0.1) is 11.8 Å². The van der Waals surface area contributed by atoms with Crippen molar-refractivity contribution in [2.24, 2.45) is 0 Å². The van der Waals surface area contributed by atoms with Crippen molar-refractivity contribution >= 4 is 23.6 Å². The zero-order valence-corrected chi connectivity index (χ0v) is 10.6. The minimum atomic E-state index is -1.01. The van der Waals surface area contributed by atoms with E-state index in [1.807, 2.05) is 18.4 Å². The molecule has 1 amide bonds. The number of amides is 1. The number of nitrogens with one attached hydrogen (secondary N) is 1. The highest BCUT2D eigenvalue weighted by molar-refractivity contribution is 7.98. The average molecular weight is 253 g/mol. The maximum atomic E-state index is 11.7. The normalized spacial score (nSPS) is 11.9. The molecule has 0 radical (unpaired) electrons. The maximum absolute atomic E-state index is 11.7. The minimum Gasteiger partial charge on any atom is -0.480 e. The molecule has 0 aliphatic rings. The van der Waals surface area contributed by atoms with Crippen LogP contribution in [0.2, 0.25) is 0 Å². The molecule has 1 unspecified atom stereocenters. The first-order valence-electron chi connectivity index (χ1n) is 5.26. The number of thioether (sulfide) groups is 1.